The summed E-state index contributed by atoms with van der Waals surface area (Å²) in [7, 11) is 5.90. The SMILES string of the molecule is C=CCN1CC(=O)N2[C@@H](Cc3ccc(O)cc3)C(=O)N(Cc3cccc4c(C(=O)N(C)CCN5CCN(C)CC5)cn(C)c34)C[C@@H]2N1C(=O)CCc1ccccc1. The van der Waals surface area contributed by atoms with Gasteiger partial charge in [0.2, 0.25) is 17.7 Å². The highest BCUT2D eigenvalue weighted by Gasteiger charge is 2.51. The molecule has 7 rings (SSSR count). The number of rotatable bonds is 13. The van der Waals surface area contributed by atoms with Gasteiger partial charge in [-0.15, -0.1) is 6.58 Å². The van der Waals surface area contributed by atoms with Crippen LogP contribution in [0.3, 0.4) is 0 Å². The summed E-state index contributed by atoms with van der Waals surface area (Å²) in [4.78, 5) is 66.9. The molecular weight excluding hydrogens is 721 g/mol. The molecule has 0 radical (unpaired) electrons. The van der Waals surface area contributed by atoms with Crippen LogP contribution >= 0.6 is 0 Å². The molecule has 4 aromatic rings. The van der Waals surface area contributed by atoms with Gasteiger partial charge in [0.25, 0.3) is 5.91 Å². The molecule has 3 aliphatic rings. The summed E-state index contributed by atoms with van der Waals surface area (Å²) >= 11 is 0. The zero-order valence-corrected chi connectivity index (χ0v) is 33.3. The Bertz CT molecular complexity index is 2090. The molecule has 4 amide bonds. The number of fused-ring (bicyclic) bond motifs is 2. The number of hydrazine groups is 1. The van der Waals surface area contributed by atoms with Crippen LogP contribution in [0.4, 0.5) is 0 Å². The molecule has 3 saturated heterocycles. The average molecular weight is 775 g/mol. The number of para-hydroxylation sites is 1. The van der Waals surface area contributed by atoms with Gasteiger partial charge in [-0.25, -0.2) is 10.0 Å². The number of aryl methyl sites for hydroxylation is 2. The Morgan fingerprint density at radius 1 is 0.930 bits per heavy atom. The number of carbonyl (C=O) groups excluding carboxylic acids is 4. The Kier molecular flexibility index (Phi) is 12.1. The molecule has 0 aliphatic carbocycles. The molecule has 13 nitrogen and oxygen atoms in total. The molecule has 0 unspecified atom stereocenters. The Balaban J connectivity index is 1.18. The number of likely N-dealkylation sites (N-methyl/N-ethyl adjacent to an activating group) is 2. The van der Waals surface area contributed by atoms with Crippen molar-refractivity contribution >= 4 is 34.5 Å². The van der Waals surface area contributed by atoms with Gasteiger partial charge in [0.15, 0.2) is 0 Å². The zero-order valence-electron chi connectivity index (χ0n) is 33.3. The van der Waals surface area contributed by atoms with Crippen LogP contribution in [0.2, 0.25) is 0 Å². The summed E-state index contributed by atoms with van der Waals surface area (Å²) in [6.45, 7) is 9.87. The fourth-order valence-electron chi connectivity index (χ4n) is 8.50. The van der Waals surface area contributed by atoms with Crippen LogP contribution in [0.5, 0.6) is 5.75 Å². The summed E-state index contributed by atoms with van der Waals surface area (Å²) in [5.74, 6) is -0.571. The maximum atomic E-state index is 14.7. The molecule has 1 N–H and O–H groups in total. The molecule has 300 valence electrons. The predicted molar refractivity (Wildman–Crippen MR) is 219 cm³/mol. The van der Waals surface area contributed by atoms with Crippen LogP contribution in [0.1, 0.15) is 33.5 Å². The molecule has 3 fully saturated rings. The van der Waals surface area contributed by atoms with Crippen molar-refractivity contribution in [3.05, 3.63) is 114 Å². The van der Waals surface area contributed by atoms with E-state index < -0.39 is 12.2 Å². The highest BCUT2D eigenvalue weighted by atomic mass is 16.3. The number of carbonyl (C=O) groups is 4. The molecule has 3 aromatic carbocycles. The lowest BCUT2D eigenvalue weighted by molar-refractivity contribution is -0.205. The van der Waals surface area contributed by atoms with Gasteiger partial charge in [-0.1, -0.05) is 66.7 Å². The van der Waals surface area contributed by atoms with Crippen LogP contribution in [0, 0.1) is 0 Å². The van der Waals surface area contributed by atoms with Gasteiger partial charge in [0, 0.05) is 90.9 Å². The van der Waals surface area contributed by atoms with Gasteiger partial charge >= 0.3 is 0 Å². The van der Waals surface area contributed by atoms with Crippen LogP contribution < -0.4 is 0 Å². The van der Waals surface area contributed by atoms with Crippen molar-refractivity contribution in [2.24, 2.45) is 7.05 Å². The Hall–Kier alpha value is -5.50. The van der Waals surface area contributed by atoms with Crippen LogP contribution in [0.25, 0.3) is 10.9 Å². The number of nitrogens with zero attached hydrogens (tertiary/aromatic N) is 8. The summed E-state index contributed by atoms with van der Waals surface area (Å²) in [6, 6.07) is 21.4. The molecule has 4 heterocycles. The number of phenolic OH excluding ortho intramolecular Hbond substituents is 1. The monoisotopic (exact) mass is 774 g/mol. The lowest BCUT2D eigenvalue weighted by Gasteiger charge is -2.55. The fraction of sp³-hybridized carbons (Fsp3) is 0.409. The van der Waals surface area contributed by atoms with Crippen LogP contribution in [-0.2, 0) is 40.8 Å². The van der Waals surface area contributed by atoms with Gasteiger partial charge in [0.05, 0.1) is 24.2 Å². The first-order valence-corrected chi connectivity index (χ1v) is 19.8. The second-order valence-electron chi connectivity index (χ2n) is 15.6. The molecule has 3 aliphatic heterocycles. The van der Waals surface area contributed by atoms with Crippen molar-refractivity contribution in [1.82, 2.24) is 39.1 Å². The van der Waals surface area contributed by atoms with E-state index in [0.717, 1.165) is 60.3 Å². The summed E-state index contributed by atoms with van der Waals surface area (Å²) in [5, 5.41) is 14.2. The number of amides is 4. The van der Waals surface area contributed by atoms with Gasteiger partial charge < -0.3 is 29.3 Å². The lowest BCUT2D eigenvalue weighted by atomic mass is 9.97. The van der Waals surface area contributed by atoms with Crippen LogP contribution in [-0.4, -0.2) is 153 Å². The summed E-state index contributed by atoms with van der Waals surface area (Å²) in [5.41, 5.74) is 4.12. The maximum absolute atomic E-state index is 14.7. The Labute approximate surface area is 334 Å². The smallest absolute Gasteiger partial charge is 0.255 e. The van der Waals surface area contributed by atoms with E-state index in [2.05, 4.69) is 23.4 Å². The third-order valence-corrected chi connectivity index (χ3v) is 11.6. The van der Waals surface area contributed by atoms with E-state index in [1.807, 2.05) is 73.4 Å². The van der Waals surface area contributed by atoms with Gasteiger partial charge in [-0.3, -0.25) is 24.1 Å². The van der Waals surface area contributed by atoms with Gasteiger partial charge in [-0.2, -0.15) is 0 Å². The largest absolute Gasteiger partial charge is 0.508 e. The fourth-order valence-corrected chi connectivity index (χ4v) is 8.50. The average Bonchev–Trinajstić information content (AvgIpc) is 3.55. The van der Waals surface area contributed by atoms with Crippen LogP contribution in [0.15, 0.2) is 91.6 Å². The quantitative estimate of drug-likeness (QED) is 0.206. The lowest BCUT2D eigenvalue weighted by Crippen LogP contribution is -2.75. The second kappa shape index (κ2) is 17.3. The van der Waals surface area contributed by atoms with Gasteiger partial charge in [0.1, 0.15) is 18.0 Å². The third-order valence-electron chi connectivity index (χ3n) is 11.6. The molecule has 2 atom stereocenters. The van der Waals surface area contributed by atoms with E-state index in [-0.39, 0.29) is 68.4 Å². The van der Waals surface area contributed by atoms with E-state index in [1.165, 1.54) is 0 Å². The van der Waals surface area contributed by atoms with E-state index >= 15 is 0 Å². The maximum Gasteiger partial charge on any atom is 0.255 e. The number of aromatic hydroxyl groups is 1. The standard InChI is InChI=1S/C44H54N8O5/c1-5-20-50-31-41(55)51-38(27-33-14-17-35(53)18-15-33)44(57)49(30-39(51)52(50)40(54)19-16-32-10-7-6-8-11-32)28-34-12-9-13-36-37(29-47(4)42(34)36)43(56)46(3)23-26-48-24-21-45(2)22-25-48/h5-15,17-18,29,38-39,53H,1,16,19-28,30-31H2,2-4H3/t38-,39-/m0/s1. The first kappa shape index (κ1) is 39.7. The summed E-state index contributed by atoms with van der Waals surface area (Å²) in [6.07, 6.45) is 3.75. The number of phenols is 1. The molecular formula is C44H54N8O5. The number of benzene rings is 3. The molecule has 1 aromatic heterocycles. The second-order valence-corrected chi connectivity index (χ2v) is 15.6. The van der Waals surface area contributed by atoms with Crippen molar-refractivity contribution in [3.8, 4) is 5.75 Å². The minimum Gasteiger partial charge on any atom is -0.508 e. The Morgan fingerprint density at radius 3 is 2.39 bits per heavy atom. The molecule has 0 spiro atoms. The van der Waals surface area contributed by atoms with E-state index in [4.69, 9.17) is 0 Å². The van der Waals surface area contributed by atoms with Crippen molar-refractivity contribution in [2.45, 2.75) is 38.0 Å². The highest BCUT2D eigenvalue weighted by molar-refractivity contribution is 6.07. The third kappa shape index (κ3) is 8.60. The van der Waals surface area contributed by atoms with E-state index in [0.29, 0.717) is 18.5 Å². The first-order valence-electron chi connectivity index (χ1n) is 19.8. The van der Waals surface area contributed by atoms with Crippen molar-refractivity contribution in [1.29, 1.82) is 0 Å². The summed E-state index contributed by atoms with van der Waals surface area (Å²) < 4.78 is 1.95. The van der Waals surface area contributed by atoms with E-state index in [9.17, 15) is 24.3 Å². The molecule has 0 saturated carbocycles. The number of aromatic nitrogens is 1. The molecule has 13 heteroatoms. The Morgan fingerprint density at radius 2 is 1.67 bits per heavy atom. The first-order chi connectivity index (χ1) is 27.5. The molecule has 57 heavy (non-hydrogen) atoms. The van der Waals surface area contributed by atoms with Gasteiger partial charge in [-0.05, 0) is 42.3 Å². The van der Waals surface area contributed by atoms with E-state index in [1.54, 1.807) is 55.1 Å². The minimum absolute atomic E-state index is 0.0572. The molecule has 0 bridgehead atoms. The number of piperazine rings is 2. The van der Waals surface area contributed by atoms with Crippen molar-refractivity contribution < 1.29 is 24.3 Å². The minimum atomic E-state index is -0.894. The number of hydrogen-bond donors (Lipinski definition) is 1. The normalized spacial score (nSPS) is 19.6. The number of hydrogen-bond acceptors (Lipinski definition) is 8. The zero-order chi connectivity index (χ0) is 40.2. The van der Waals surface area contributed by atoms with Crippen molar-refractivity contribution in [3.63, 3.8) is 0 Å². The highest BCUT2D eigenvalue weighted by Crippen LogP contribution is 2.32. The topological polar surface area (TPSA) is 116 Å². The van der Waals surface area contributed by atoms with Crippen molar-refractivity contribution in [2.75, 3.05) is 73.0 Å². The predicted octanol–water partition coefficient (Wildman–Crippen LogP) is 3.19.